The van der Waals surface area contributed by atoms with Gasteiger partial charge < -0.3 is 14.7 Å². The van der Waals surface area contributed by atoms with E-state index in [4.69, 9.17) is 4.74 Å². The second-order valence-electron chi connectivity index (χ2n) is 8.18. The van der Waals surface area contributed by atoms with Crippen molar-refractivity contribution < 1.29 is 18.3 Å². The zero-order chi connectivity index (χ0) is 21.7. The van der Waals surface area contributed by atoms with E-state index in [1.807, 2.05) is 6.92 Å². The lowest BCUT2D eigenvalue weighted by Gasteiger charge is -2.33. The number of ether oxygens (including phenoxy) is 1. The smallest absolute Gasteiger partial charge is 0.264 e. The Morgan fingerprint density at radius 3 is 2.27 bits per heavy atom. The van der Waals surface area contributed by atoms with Crippen LogP contribution in [-0.2, 0) is 10.0 Å². The van der Waals surface area contributed by atoms with Crippen LogP contribution >= 0.6 is 0 Å². The summed E-state index contributed by atoms with van der Waals surface area (Å²) < 4.78 is 33.4. The van der Waals surface area contributed by atoms with Crippen molar-refractivity contribution in [2.24, 2.45) is 5.92 Å². The number of anilines is 1. The molecule has 0 amide bonds. The minimum Gasteiger partial charge on any atom is -0.497 e. The van der Waals surface area contributed by atoms with E-state index in [9.17, 15) is 13.5 Å². The van der Waals surface area contributed by atoms with Gasteiger partial charge in [-0.1, -0.05) is 24.6 Å². The molecule has 0 radical (unpaired) electrons. The molecule has 1 fully saturated rings. The average Bonchev–Trinajstić information content (AvgIpc) is 2.74. The van der Waals surface area contributed by atoms with Crippen LogP contribution in [0.2, 0.25) is 0 Å². The molecule has 1 atom stereocenters. The van der Waals surface area contributed by atoms with Gasteiger partial charge in [0, 0.05) is 6.54 Å². The van der Waals surface area contributed by atoms with Gasteiger partial charge in [0.2, 0.25) is 0 Å². The number of rotatable bonds is 8. The minimum atomic E-state index is -3.82. The lowest BCUT2D eigenvalue weighted by molar-refractivity contribution is 0.0971. The molecular formula is C23H32N2O4S. The maximum Gasteiger partial charge on any atom is 0.264 e. The molecule has 1 aliphatic heterocycles. The van der Waals surface area contributed by atoms with Crippen molar-refractivity contribution in [3.8, 4) is 5.75 Å². The van der Waals surface area contributed by atoms with Crippen LogP contribution in [0.1, 0.15) is 25.3 Å². The van der Waals surface area contributed by atoms with Crippen LogP contribution in [0, 0.1) is 12.8 Å². The normalized spacial score (nSPS) is 16.9. The fraction of sp³-hybridized carbons (Fsp3) is 0.478. The largest absolute Gasteiger partial charge is 0.497 e. The number of nitrogens with zero attached hydrogens (tertiary/aromatic N) is 2. The molecule has 7 heteroatoms. The van der Waals surface area contributed by atoms with Crippen LogP contribution in [0.3, 0.4) is 0 Å². The summed E-state index contributed by atoms with van der Waals surface area (Å²) in [5.74, 6) is 1.35. The van der Waals surface area contributed by atoms with Crippen molar-refractivity contribution in [1.29, 1.82) is 0 Å². The SMILES string of the molecule is COc1ccc(N(C[C@H](O)CN2CCC(C)CC2)S(=O)(=O)c2ccc(C)cc2)cc1. The molecule has 164 valence electrons. The summed E-state index contributed by atoms with van der Waals surface area (Å²) in [5, 5.41) is 10.8. The van der Waals surface area contributed by atoms with Crippen LogP contribution in [0.15, 0.2) is 53.4 Å². The minimum absolute atomic E-state index is 0.00536. The van der Waals surface area contributed by atoms with Crippen LogP contribution in [0.4, 0.5) is 5.69 Å². The van der Waals surface area contributed by atoms with Gasteiger partial charge in [-0.05, 0) is 75.2 Å². The standard InChI is InChI=1S/C23H32N2O4S/c1-18-4-10-23(11-5-18)30(27,28)25(20-6-8-22(29-3)9-7-20)17-21(26)16-24-14-12-19(2)13-15-24/h4-11,19,21,26H,12-17H2,1-3H3/t21-/m1/s1. The number of β-amino-alcohol motifs (C(OH)–C–C–N with tert-alkyl or cyclic N) is 1. The number of sulfonamides is 1. The number of piperidine rings is 1. The molecule has 1 aliphatic rings. The van der Waals surface area contributed by atoms with Gasteiger partial charge in [-0.15, -0.1) is 0 Å². The summed E-state index contributed by atoms with van der Waals surface area (Å²) in [7, 11) is -2.25. The zero-order valence-corrected chi connectivity index (χ0v) is 18.8. The molecule has 1 heterocycles. The fourth-order valence-electron chi connectivity index (χ4n) is 3.72. The number of aliphatic hydroxyl groups is 1. The summed E-state index contributed by atoms with van der Waals surface area (Å²) in [6, 6.07) is 13.7. The van der Waals surface area contributed by atoms with Gasteiger partial charge in [-0.3, -0.25) is 4.31 Å². The molecular weight excluding hydrogens is 400 g/mol. The highest BCUT2D eigenvalue weighted by Crippen LogP contribution is 2.27. The van der Waals surface area contributed by atoms with Crippen molar-refractivity contribution in [3.05, 3.63) is 54.1 Å². The summed E-state index contributed by atoms with van der Waals surface area (Å²) in [5.41, 5.74) is 1.49. The molecule has 2 aromatic carbocycles. The number of benzene rings is 2. The maximum absolute atomic E-state index is 13.4. The first-order valence-electron chi connectivity index (χ1n) is 10.4. The molecule has 3 rings (SSSR count). The Balaban J connectivity index is 1.84. The highest BCUT2D eigenvalue weighted by Gasteiger charge is 2.28. The molecule has 0 aliphatic carbocycles. The second-order valence-corrected chi connectivity index (χ2v) is 10.0. The zero-order valence-electron chi connectivity index (χ0n) is 18.0. The topological polar surface area (TPSA) is 70.1 Å². The van der Waals surface area contributed by atoms with Gasteiger partial charge in [0.05, 0.1) is 30.3 Å². The van der Waals surface area contributed by atoms with Gasteiger partial charge in [0.1, 0.15) is 5.75 Å². The number of aryl methyl sites for hydroxylation is 1. The molecule has 2 aromatic rings. The van der Waals surface area contributed by atoms with E-state index in [-0.39, 0.29) is 11.4 Å². The molecule has 1 saturated heterocycles. The summed E-state index contributed by atoms with van der Waals surface area (Å²) in [6.45, 7) is 6.49. The molecule has 6 nitrogen and oxygen atoms in total. The first-order chi connectivity index (χ1) is 14.3. The van der Waals surface area contributed by atoms with Gasteiger partial charge in [0.25, 0.3) is 10.0 Å². The lowest BCUT2D eigenvalue weighted by atomic mass is 9.99. The van der Waals surface area contributed by atoms with Crippen LogP contribution in [0.5, 0.6) is 5.75 Å². The molecule has 30 heavy (non-hydrogen) atoms. The number of hydrogen-bond donors (Lipinski definition) is 1. The van der Waals surface area contributed by atoms with E-state index in [1.54, 1.807) is 55.6 Å². The lowest BCUT2D eigenvalue weighted by Crippen LogP contribution is -2.44. The quantitative estimate of drug-likeness (QED) is 0.693. The Morgan fingerprint density at radius 2 is 1.70 bits per heavy atom. The maximum atomic E-state index is 13.4. The molecule has 0 aromatic heterocycles. The third-order valence-electron chi connectivity index (χ3n) is 5.69. The molecule has 0 unspecified atom stereocenters. The van der Waals surface area contributed by atoms with Crippen LogP contribution in [-0.4, -0.2) is 57.8 Å². The van der Waals surface area contributed by atoms with Gasteiger partial charge in [-0.2, -0.15) is 0 Å². The fourth-order valence-corrected chi connectivity index (χ4v) is 5.22. The van der Waals surface area contributed by atoms with E-state index < -0.39 is 16.1 Å². The van der Waals surface area contributed by atoms with Gasteiger partial charge >= 0.3 is 0 Å². The van der Waals surface area contributed by atoms with Crippen molar-refractivity contribution in [2.45, 2.75) is 37.7 Å². The van der Waals surface area contributed by atoms with E-state index in [0.717, 1.165) is 31.5 Å². The molecule has 0 saturated carbocycles. The Bertz CT molecular complexity index is 905. The number of aliphatic hydroxyl groups excluding tert-OH is 1. The highest BCUT2D eigenvalue weighted by atomic mass is 32.2. The monoisotopic (exact) mass is 432 g/mol. The first kappa shape index (κ1) is 22.6. The summed E-state index contributed by atoms with van der Waals surface area (Å²) in [4.78, 5) is 2.43. The van der Waals surface area contributed by atoms with E-state index in [2.05, 4.69) is 11.8 Å². The second kappa shape index (κ2) is 9.81. The van der Waals surface area contributed by atoms with E-state index in [0.29, 0.717) is 23.9 Å². The van der Waals surface area contributed by atoms with Crippen molar-refractivity contribution in [2.75, 3.05) is 37.6 Å². The van der Waals surface area contributed by atoms with Crippen molar-refractivity contribution >= 4 is 15.7 Å². The molecule has 1 N–H and O–H groups in total. The Labute approximate surface area is 180 Å². The molecule has 0 bridgehead atoms. The summed E-state index contributed by atoms with van der Waals surface area (Å²) >= 11 is 0. The van der Waals surface area contributed by atoms with E-state index in [1.165, 1.54) is 4.31 Å². The third-order valence-corrected chi connectivity index (χ3v) is 7.50. The average molecular weight is 433 g/mol. The van der Waals surface area contributed by atoms with Gasteiger partial charge in [0.15, 0.2) is 0 Å². The van der Waals surface area contributed by atoms with Gasteiger partial charge in [-0.25, -0.2) is 8.42 Å². The highest BCUT2D eigenvalue weighted by molar-refractivity contribution is 7.92. The Hall–Kier alpha value is -2.09. The van der Waals surface area contributed by atoms with Crippen molar-refractivity contribution in [3.63, 3.8) is 0 Å². The van der Waals surface area contributed by atoms with Crippen LogP contribution < -0.4 is 9.04 Å². The first-order valence-corrected chi connectivity index (χ1v) is 11.9. The van der Waals surface area contributed by atoms with E-state index >= 15 is 0 Å². The third kappa shape index (κ3) is 5.53. The Kier molecular flexibility index (Phi) is 7.39. The number of likely N-dealkylation sites (tertiary alicyclic amines) is 1. The molecule has 0 spiro atoms. The van der Waals surface area contributed by atoms with Crippen LogP contribution in [0.25, 0.3) is 0 Å². The van der Waals surface area contributed by atoms with Crippen molar-refractivity contribution in [1.82, 2.24) is 4.90 Å². The predicted molar refractivity (Wildman–Crippen MR) is 120 cm³/mol. The number of methoxy groups -OCH3 is 1. The number of hydrogen-bond acceptors (Lipinski definition) is 5. The summed E-state index contributed by atoms with van der Waals surface area (Å²) in [6.07, 6.45) is 1.42. The Morgan fingerprint density at radius 1 is 1.10 bits per heavy atom. The predicted octanol–water partition coefficient (Wildman–Crippen LogP) is 3.29.